The highest BCUT2D eigenvalue weighted by molar-refractivity contribution is 6.60. The van der Waals surface area contributed by atoms with Crippen LogP contribution in [0.5, 0.6) is 0 Å². The number of nitrogens with zero attached hydrogens (tertiary/aromatic N) is 2. The molecule has 0 atom stereocenters. The van der Waals surface area contributed by atoms with Crippen LogP contribution >= 0.6 is 0 Å². The molecule has 0 aliphatic rings. The molecule has 0 fully saturated rings. The zero-order valence-corrected chi connectivity index (χ0v) is 17.3. The first-order chi connectivity index (χ1) is 11.8. The molecule has 1 aromatic rings. The molecule has 0 aliphatic carbocycles. The normalized spacial score (nSPS) is 12.4. The molecule has 1 aromatic heterocycles. The molecular weight excluding hydrogens is 340 g/mol. The first kappa shape index (κ1) is 21.8. The van der Waals surface area contributed by atoms with Crippen LogP contribution in [0.2, 0.25) is 6.04 Å². The van der Waals surface area contributed by atoms with Crippen LogP contribution in [-0.2, 0) is 24.4 Å². The van der Waals surface area contributed by atoms with Crippen molar-refractivity contribution in [1.82, 2.24) is 9.55 Å². The number of aromatic nitrogens is 2. The van der Waals surface area contributed by atoms with Gasteiger partial charge in [0.25, 0.3) is 0 Å². The number of ether oxygens (including phenoxy) is 1. The first-order valence-corrected chi connectivity index (χ1v) is 10.9. The van der Waals surface area contributed by atoms with Gasteiger partial charge in [-0.25, -0.2) is 14.3 Å². The second-order valence-electron chi connectivity index (χ2n) is 6.53. The predicted molar refractivity (Wildman–Crippen MR) is 97.6 cm³/mol. The van der Waals surface area contributed by atoms with E-state index >= 15 is 0 Å². The first-order valence-electron chi connectivity index (χ1n) is 8.94. The fourth-order valence-electron chi connectivity index (χ4n) is 2.46. The number of imidazole rings is 1. The topological polar surface area (TPSA) is 71.8 Å². The van der Waals surface area contributed by atoms with Gasteiger partial charge >= 0.3 is 14.9 Å². The van der Waals surface area contributed by atoms with Crippen molar-refractivity contribution in [2.45, 2.75) is 66.0 Å². The van der Waals surface area contributed by atoms with Crippen LogP contribution in [0.4, 0.5) is 4.79 Å². The predicted octanol–water partition coefficient (Wildman–Crippen LogP) is 3.65. The lowest BCUT2D eigenvalue weighted by Gasteiger charge is -2.28. The Morgan fingerprint density at radius 3 is 2.16 bits per heavy atom. The molecule has 0 aromatic carbocycles. The van der Waals surface area contributed by atoms with E-state index in [4.69, 9.17) is 18.0 Å². The molecular formula is C17H32N2O5Si. The van der Waals surface area contributed by atoms with Gasteiger partial charge in [-0.2, -0.15) is 0 Å². The van der Waals surface area contributed by atoms with Crippen molar-refractivity contribution in [1.29, 1.82) is 0 Å². The standard InChI is InChI=1S/C17H32N2O5Si/c1-7-21-25(22-8-2,23-9-3)14-10-11-15-18-12-13-19(15)16(20)24-17(4,5)6/h12-13H,7-11,14H2,1-6H3. The van der Waals surface area contributed by atoms with Gasteiger partial charge in [-0.1, -0.05) is 0 Å². The molecule has 8 heteroatoms. The second-order valence-corrected chi connectivity index (χ2v) is 9.26. The van der Waals surface area contributed by atoms with Gasteiger partial charge in [0.15, 0.2) is 0 Å². The van der Waals surface area contributed by atoms with E-state index in [0.717, 1.165) is 6.42 Å². The molecule has 0 amide bonds. The number of aryl methyl sites for hydroxylation is 1. The number of carbonyl (C=O) groups excluding carboxylic acids is 1. The van der Waals surface area contributed by atoms with Gasteiger partial charge in [-0.3, -0.25) is 0 Å². The Morgan fingerprint density at radius 2 is 1.68 bits per heavy atom. The largest absolute Gasteiger partial charge is 0.500 e. The molecule has 1 rings (SSSR count). The number of hydrogen-bond acceptors (Lipinski definition) is 6. The van der Waals surface area contributed by atoms with Crippen LogP contribution < -0.4 is 0 Å². The van der Waals surface area contributed by atoms with Crippen molar-refractivity contribution in [3.05, 3.63) is 18.2 Å². The molecule has 0 spiro atoms. The summed E-state index contributed by atoms with van der Waals surface area (Å²) in [4.78, 5) is 16.5. The molecule has 0 aliphatic heterocycles. The Labute approximate surface area is 152 Å². The summed E-state index contributed by atoms with van der Waals surface area (Å²) in [6.07, 6.45) is 4.20. The Hall–Kier alpha value is -1.22. The SMILES string of the molecule is CCO[Si](CCCc1nccn1C(=O)OC(C)(C)C)(OCC)OCC. The highest BCUT2D eigenvalue weighted by Crippen LogP contribution is 2.20. The lowest BCUT2D eigenvalue weighted by Crippen LogP contribution is -2.46. The molecule has 25 heavy (non-hydrogen) atoms. The van der Waals surface area contributed by atoms with Gasteiger partial charge in [0.1, 0.15) is 11.4 Å². The number of carbonyl (C=O) groups is 1. The van der Waals surface area contributed by atoms with Crippen LogP contribution in [-0.4, -0.2) is 49.9 Å². The van der Waals surface area contributed by atoms with Gasteiger partial charge in [0.05, 0.1) is 0 Å². The van der Waals surface area contributed by atoms with E-state index in [-0.39, 0.29) is 0 Å². The van der Waals surface area contributed by atoms with Gasteiger partial charge in [0.2, 0.25) is 0 Å². The van der Waals surface area contributed by atoms with Crippen molar-refractivity contribution in [3.8, 4) is 0 Å². The third kappa shape index (κ3) is 7.27. The summed E-state index contributed by atoms with van der Waals surface area (Å²) >= 11 is 0. The zero-order valence-electron chi connectivity index (χ0n) is 16.3. The van der Waals surface area contributed by atoms with Gasteiger partial charge < -0.3 is 18.0 Å². The van der Waals surface area contributed by atoms with Crippen molar-refractivity contribution in [2.75, 3.05) is 19.8 Å². The second kappa shape index (κ2) is 10.1. The summed E-state index contributed by atoms with van der Waals surface area (Å²) < 4.78 is 24.4. The lowest BCUT2D eigenvalue weighted by atomic mass is 10.2. The highest BCUT2D eigenvalue weighted by Gasteiger charge is 2.39. The van der Waals surface area contributed by atoms with Gasteiger partial charge in [-0.15, -0.1) is 0 Å². The Bertz CT molecular complexity index is 510. The molecule has 0 bridgehead atoms. The van der Waals surface area contributed by atoms with Crippen LogP contribution in [0.3, 0.4) is 0 Å². The summed E-state index contributed by atoms with van der Waals surface area (Å²) in [5.74, 6) is 0.668. The van der Waals surface area contributed by atoms with E-state index in [2.05, 4.69) is 4.98 Å². The Kier molecular flexibility index (Phi) is 8.77. The van der Waals surface area contributed by atoms with Gasteiger partial charge in [-0.05, 0) is 48.0 Å². The molecule has 0 N–H and O–H groups in total. The van der Waals surface area contributed by atoms with E-state index in [9.17, 15) is 4.79 Å². The summed E-state index contributed by atoms with van der Waals surface area (Å²) in [7, 11) is -2.66. The maximum absolute atomic E-state index is 12.2. The van der Waals surface area contributed by atoms with Gasteiger partial charge in [0, 0.05) is 44.7 Å². The molecule has 0 saturated heterocycles. The minimum atomic E-state index is -2.66. The van der Waals surface area contributed by atoms with E-state index in [1.165, 1.54) is 4.57 Å². The highest BCUT2D eigenvalue weighted by atomic mass is 28.4. The Balaban J connectivity index is 2.71. The molecule has 1 heterocycles. The van der Waals surface area contributed by atoms with E-state index in [1.807, 2.05) is 41.5 Å². The van der Waals surface area contributed by atoms with Crippen LogP contribution in [0, 0.1) is 0 Å². The van der Waals surface area contributed by atoms with Crippen LogP contribution in [0.15, 0.2) is 12.4 Å². The monoisotopic (exact) mass is 372 g/mol. The Morgan fingerprint density at radius 1 is 1.12 bits per heavy atom. The maximum Gasteiger partial charge on any atom is 0.500 e. The maximum atomic E-state index is 12.2. The summed E-state index contributed by atoms with van der Waals surface area (Å²) in [5.41, 5.74) is -0.542. The zero-order chi connectivity index (χ0) is 18.9. The lowest BCUT2D eigenvalue weighted by molar-refractivity contribution is 0.0532. The molecule has 0 unspecified atom stereocenters. The number of hydrogen-bond donors (Lipinski definition) is 0. The molecule has 0 saturated carbocycles. The smallest absolute Gasteiger partial charge is 0.443 e. The summed E-state index contributed by atoms with van der Waals surface area (Å²) in [6, 6.07) is 0.684. The molecule has 7 nitrogen and oxygen atoms in total. The fraction of sp³-hybridized carbons (Fsp3) is 0.765. The van der Waals surface area contributed by atoms with Crippen molar-refractivity contribution in [3.63, 3.8) is 0 Å². The number of rotatable bonds is 10. The van der Waals surface area contributed by atoms with E-state index in [0.29, 0.717) is 38.1 Å². The van der Waals surface area contributed by atoms with E-state index < -0.39 is 20.5 Å². The van der Waals surface area contributed by atoms with Crippen LogP contribution in [0.25, 0.3) is 0 Å². The van der Waals surface area contributed by atoms with Crippen LogP contribution in [0.1, 0.15) is 53.8 Å². The average Bonchev–Trinajstić information content (AvgIpc) is 2.95. The average molecular weight is 373 g/mol. The quantitative estimate of drug-likeness (QED) is 0.584. The summed E-state index contributed by atoms with van der Waals surface area (Å²) in [5, 5.41) is 0. The van der Waals surface area contributed by atoms with E-state index in [1.54, 1.807) is 12.4 Å². The fourth-order valence-corrected chi connectivity index (χ4v) is 5.07. The molecule has 0 radical (unpaired) electrons. The third-order valence-corrected chi connectivity index (χ3v) is 6.44. The van der Waals surface area contributed by atoms with Crippen molar-refractivity contribution < 1.29 is 22.8 Å². The molecule has 144 valence electrons. The minimum absolute atomic E-state index is 0.414. The van der Waals surface area contributed by atoms with Crippen molar-refractivity contribution >= 4 is 14.9 Å². The minimum Gasteiger partial charge on any atom is -0.443 e. The van der Waals surface area contributed by atoms with Crippen molar-refractivity contribution in [2.24, 2.45) is 0 Å². The summed E-state index contributed by atoms with van der Waals surface area (Å²) in [6.45, 7) is 13.0. The third-order valence-electron chi connectivity index (χ3n) is 3.28.